The Labute approximate surface area is 105 Å². The van der Waals surface area contributed by atoms with Gasteiger partial charge in [-0.15, -0.1) is 0 Å². The van der Waals surface area contributed by atoms with E-state index in [1.165, 1.54) is 0 Å². The summed E-state index contributed by atoms with van der Waals surface area (Å²) in [4.78, 5) is 14.0. The fourth-order valence-corrected chi connectivity index (χ4v) is 2.37. The highest BCUT2D eigenvalue weighted by atomic mass is 16.2. The fourth-order valence-electron chi connectivity index (χ4n) is 2.37. The van der Waals surface area contributed by atoms with Crippen LogP contribution in [0.2, 0.25) is 0 Å². The van der Waals surface area contributed by atoms with Crippen molar-refractivity contribution in [3.63, 3.8) is 0 Å². The molecule has 0 spiro atoms. The molecule has 0 radical (unpaired) electrons. The lowest BCUT2D eigenvalue weighted by molar-refractivity contribution is -0.134. The zero-order valence-corrected chi connectivity index (χ0v) is 11.5. The Hall–Kier alpha value is -1.04. The molecule has 0 bridgehead atoms. The van der Waals surface area contributed by atoms with Crippen molar-refractivity contribution in [2.24, 2.45) is 11.3 Å². The van der Waals surface area contributed by atoms with E-state index in [1.54, 1.807) is 0 Å². The van der Waals surface area contributed by atoms with Gasteiger partial charge in [0.25, 0.3) is 0 Å². The van der Waals surface area contributed by atoms with E-state index in [1.807, 2.05) is 11.9 Å². The summed E-state index contributed by atoms with van der Waals surface area (Å²) >= 11 is 0. The average molecular weight is 236 g/mol. The summed E-state index contributed by atoms with van der Waals surface area (Å²) in [5.41, 5.74) is 0.0508. The first-order valence-electron chi connectivity index (χ1n) is 6.49. The minimum Gasteiger partial charge on any atom is -0.343 e. The van der Waals surface area contributed by atoms with Gasteiger partial charge in [-0.05, 0) is 31.1 Å². The van der Waals surface area contributed by atoms with Crippen molar-refractivity contribution < 1.29 is 4.79 Å². The molecule has 1 rings (SSSR count). The minimum absolute atomic E-state index is 0.0508. The quantitative estimate of drug-likeness (QED) is 0.740. The number of hydrogen-bond donors (Lipinski definition) is 0. The van der Waals surface area contributed by atoms with Crippen LogP contribution in [0.15, 0.2) is 0 Å². The summed E-state index contributed by atoms with van der Waals surface area (Å²) in [7, 11) is 1.91. The average Bonchev–Trinajstić information content (AvgIpc) is 2.26. The van der Waals surface area contributed by atoms with Crippen LogP contribution in [0.4, 0.5) is 0 Å². The van der Waals surface area contributed by atoms with Gasteiger partial charge < -0.3 is 4.90 Å². The normalized spacial score (nSPS) is 25.1. The molecule has 0 aliphatic heterocycles. The van der Waals surface area contributed by atoms with Crippen molar-refractivity contribution in [1.29, 1.82) is 5.26 Å². The van der Waals surface area contributed by atoms with Crippen molar-refractivity contribution in [1.82, 2.24) is 4.90 Å². The van der Waals surface area contributed by atoms with Crippen LogP contribution >= 0.6 is 0 Å². The van der Waals surface area contributed by atoms with Gasteiger partial charge in [-0.1, -0.05) is 20.8 Å². The van der Waals surface area contributed by atoms with Crippen molar-refractivity contribution in [3.05, 3.63) is 0 Å². The van der Waals surface area contributed by atoms with E-state index in [0.29, 0.717) is 12.5 Å². The zero-order valence-electron chi connectivity index (χ0n) is 11.5. The molecule has 0 aromatic carbocycles. The van der Waals surface area contributed by atoms with Crippen LogP contribution in [0.5, 0.6) is 0 Å². The molecule has 17 heavy (non-hydrogen) atoms. The van der Waals surface area contributed by atoms with Crippen LogP contribution in [-0.2, 0) is 4.79 Å². The molecule has 96 valence electrons. The van der Waals surface area contributed by atoms with Crippen LogP contribution in [0.25, 0.3) is 0 Å². The minimum atomic E-state index is 0.0508. The van der Waals surface area contributed by atoms with E-state index in [-0.39, 0.29) is 17.2 Å². The summed E-state index contributed by atoms with van der Waals surface area (Å²) in [5, 5.41) is 8.85. The highest BCUT2D eigenvalue weighted by molar-refractivity contribution is 5.76. The molecule has 1 aliphatic carbocycles. The highest BCUT2D eigenvalue weighted by Gasteiger charge is 2.28. The fraction of sp³-hybridized carbons (Fsp3) is 0.857. The molecular weight excluding hydrogens is 212 g/mol. The van der Waals surface area contributed by atoms with Gasteiger partial charge in [-0.2, -0.15) is 5.26 Å². The molecule has 0 N–H and O–H groups in total. The Morgan fingerprint density at radius 1 is 1.29 bits per heavy atom. The third-order valence-electron chi connectivity index (χ3n) is 3.50. The van der Waals surface area contributed by atoms with Gasteiger partial charge >= 0.3 is 0 Å². The van der Waals surface area contributed by atoms with Crippen molar-refractivity contribution >= 4 is 5.91 Å². The summed E-state index contributed by atoms with van der Waals surface area (Å²) in [6, 6.07) is 2.67. The molecule has 3 nitrogen and oxygen atoms in total. The standard InChI is InChI=1S/C14H24N2O/c1-14(2,3)9-13(17)16(4)12-7-5-11(10-15)6-8-12/h11-12H,5-9H2,1-4H3. The number of rotatable bonds is 2. The van der Waals surface area contributed by atoms with Crippen molar-refractivity contribution in [2.45, 2.75) is 58.9 Å². The third kappa shape index (κ3) is 4.38. The molecule has 0 atom stereocenters. The third-order valence-corrected chi connectivity index (χ3v) is 3.50. The molecule has 1 aliphatic rings. The Kier molecular flexibility index (Phi) is 4.56. The monoisotopic (exact) mass is 236 g/mol. The second-order valence-electron chi connectivity index (χ2n) is 6.38. The number of hydrogen-bond acceptors (Lipinski definition) is 2. The van der Waals surface area contributed by atoms with E-state index >= 15 is 0 Å². The second kappa shape index (κ2) is 5.53. The molecule has 1 amide bonds. The SMILES string of the molecule is CN(C(=O)CC(C)(C)C)C1CCC(C#N)CC1. The van der Waals surface area contributed by atoms with Crippen LogP contribution in [0.3, 0.4) is 0 Å². The maximum absolute atomic E-state index is 12.1. The molecule has 1 saturated carbocycles. The summed E-state index contributed by atoms with van der Waals surface area (Å²) in [6.07, 6.45) is 4.43. The van der Waals surface area contributed by atoms with Gasteiger partial charge in [0.15, 0.2) is 0 Å². The first-order chi connectivity index (χ1) is 7.83. The number of amides is 1. The van der Waals surface area contributed by atoms with Gasteiger partial charge in [-0.3, -0.25) is 4.79 Å². The predicted molar refractivity (Wildman–Crippen MR) is 68.2 cm³/mol. The Bertz CT molecular complexity index is 303. The molecule has 0 heterocycles. The van der Waals surface area contributed by atoms with Crippen LogP contribution in [-0.4, -0.2) is 23.9 Å². The molecule has 1 fully saturated rings. The maximum atomic E-state index is 12.1. The van der Waals surface area contributed by atoms with E-state index in [4.69, 9.17) is 5.26 Å². The molecular formula is C14H24N2O. The van der Waals surface area contributed by atoms with Gasteiger partial charge in [-0.25, -0.2) is 0 Å². The Balaban J connectivity index is 2.46. The van der Waals surface area contributed by atoms with Gasteiger partial charge in [0.05, 0.1) is 6.07 Å². The van der Waals surface area contributed by atoms with E-state index in [9.17, 15) is 4.79 Å². The number of carbonyl (C=O) groups excluding carboxylic acids is 1. The summed E-state index contributed by atoms with van der Waals surface area (Å²) in [6.45, 7) is 6.27. The molecule has 0 saturated heterocycles. The smallest absolute Gasteiger partial charge is 0.223 e. The molecule has 0 aromatic heterocycles. The lowest BCUT2D eigenvalue weighted by Crippen LogP contribution is -2.40. The lowest BCUT2D eigenvalue weighted by atomic mass is 9.85. The largest absolute Gasteiger partial charge is 0.343 e. The number of nitriles is 1. The first kappa shape index (κ1) is 14.0. The summed E-state index contributed by atoms with van der Waals surface area (Å²) in [5.74, 6) is 0.440. The maximum Gasteiger partial charge on any atom is 0.223 e. The summed E-state index contributed by atoms with van der Waals surface area (Å²) < 4.78 is 0. The van der Waals surface area contributed by atoms with Crippen LogP contribution < -0.4 is 0 Å². The number of carbonyl (C=O) groups is 1. The van der Waals surface area contributed by atoms with Crippen LogP contribution in [0, 0.1) is 22.7 Å². The second-order valence-corrected chi connectivity index (χ2v) is 6.38. The van der Waals surface area contributed by atoms with Gasteiger partial charge in [0, 0.05) is 25.4 Å². The lowest BCUT2D eigenvalue weighted by Gasteiger charge is -2.34. The van der Waals surface area contributed by atoms with E-state index < -0.39 is 0 Å². The van der Waals surface area contributed by atoms with Gasteiger partial charge in [0.1, 0.15) is 0 Å². The van der Waals surface area contributed by atoms with Gasteiger partial charge in [0.2, 0.25) is 5.91 Å². The van der Waals surface area contributed by atoms with E-state index in [2.05, 4.69) is 26.8 Å². The van der Waals surface area contributed by atoms with Crippen molar-refractivity contribution in [2.75, 3.05) is 7.05 Å². The van der Waals surface area contributed by atoms with E-state index in [0.717, 1.165) is 25.7 Å². The molecule has 0 unspecified atom stereocenters. The predicted octanol–water partition coefficient (Wildman–Crippen LogP) is 2.96. The topological polar surface area (TPSA) is 44.1 Å². The molecule has 0 aromatic rings. The number of nitrogens with zero attached hydrogens (tertiary/aromatic N) is 2. The first-order valence-corrected chi connectivity index (χ1v) is 6.49. The zero-order chi connectivity index (χ0) is 13.1. The Morgan fingerprint density at radius 2 is 1.82 bits per heavy atom. The molecule has 3 heteroatoms. The highest BCUT2D eigenvalue weighted by Crippen LogP contribution is 2.28. The Morgan fingerprint density at radius 3 is 2.24 bits per heavy atom. The van der Waals surface area contributed by atoms with Crippen molar-refractivity contribution in [3.8, 4) is 6.07 Å². The van der Waals surface area contributed by atoms with Crippen LogP contribution in [0.1, 0.15) is 52.9 Å².